The van der Waals surface area contributed by atoms with Crippen LogP contribution in [0.4, 0.5) is 0 Å². The van der Waals surface area contributed by atoms with Crippen LogP contribution in [0, 0.1) is 11.3 Å². The van der Waals surface area contributed by atoms with E-state index in [4.69, 9.17) is 0 Å². The average Bonchev–Trinajstić information content (AvgIpc) is 1.88. The monoisotopic (exact) mass is 139 g/mol. The maximum absolute atomic E-state index is 4.30. The lowest BCUT2D eigenvalue weighted by molar-refractivity contribution is 0.292. The smallest absolute Gasteiger partial charge is 0.0385 e. The highest BCUT2D eigenvalue weighted by molar-refractivity contribution is 5.62. The van der Waals surface area contributed by atoms with Gasteiger partial charge in [-0.15, -0.1) is 0 Å². The minimum Gasteiger partial charge on any atom is -0.297 e. The van der Waals surface area contributed by atoms with Crippen LogP contribution in [0.5, 0.6) is 0 Å². The van der Waals surface area contributed by atoms with Gasteiger partial charge >= 0.3 is 0 Å². The third-order valence-corrected chi connectivity index (χ3v) is 2.20. The van der Waals surface area contributed by atoms with Crippen molar-refractivity contribution in [3.05, 3.63) is 0 Å². The minimum absolute atomic E-state index is 0.421. The number of rotatable bonds is 0. The van der Waals surface area contributed by atoms with Gasteiger partial charge in [0.1, 0.15) is 0 Å². The summed E-state index contributed by atoms with van der Waals surface area (Å²) in [6, 6.07) is 0. The summed E-state index contributed by atoms with van der Waals surface area (Å²) in [4.78, 5) is 4.30. The van der Waals surface area contributed by atoms with Gasteiger partial charge in [-0.3, -0.25) is 4.99 Å². The molecule has 0 aromatic rings. The summed E-state index contributed by atoms with van der Waals surface area (Å²) in [5.41, 5.74) is 0.421. The fourth-order valence-electron chi connectivity index (χ4n) is 1.34. The Morgan fingerprint density at radius 3 is 2.40 bits per heavy atom. The summed E-state index contributed by atoms with van der Waals surface area (Å²) in [5, 5.41) is 0. The van der Waals surface area contributed by atoms with E-state index in [9.17, 15) is 0 Å². The van der Waals surface area contributed by atoms with Crippen LogP contribution in [-0.4, -0.2) is 12.8 Å². The van der Waals surface area contributed by atoms with Crippen LogP contribution in [0.15, 0.2) is 4.99 Å². The van der Waals surface area contributed by atoms with Gasteiger partial charge in [-0.05, 0) is 24.2 Å². The molecule has 0 bridgehead atoms. The molecular formula is C9H17N. The fraction of sp³-hybridized carbons (Fsp3) is 0.889. The molecule has 1 heteroatoms. The number of hydrogen-bond donors (Lipinski definition) is 0. The Morgan fingerprint density at radius 2 is 2.10 bits per heavy atom. The molecule has 0 aromatic carbocycles. The van der Waals surface area contributed by atoms with Crippen molar-refractivity contribution in [1.29, 1.82) is 0 Å². The van der Waals surface area contributed by atoms with Crippen molar-refractivity contribution in [2.75, 3.05) is 6.54 Å². The van der Waals surface area contributed by atoms with Gasteiger partial charge in [0.25, 0.3) is 0 Å². The Labute approximate surface area is 63.5 Å². The summed E-state index contributed by atoms with van der Waals surface area (Å²) in [5.74, 6) is 0.709. The van der Waals surface area contributed by atoms with Gasteiger partial charge in [0.2, 0.25) is 0 Å². The molecular weight excluding hydrogens is 122 g/mol. The maximum Gasteiger partial charge on any atom is 0.0385 e. The summed E-state index contributed by atoms with van der Waals surface area (Å²) in [7, 11) is 0. The highest BCUT2D eigenvalue weighted by atomic mass is 14.7. The first-order chi connectivity index (χ1) is 4.61. The molecule has 1 aliphatic heterocycles. The van der Waals surface area contributed by atoms with E-state index in [0.29, 0.717) is 11.3 Å². The average molecular weight is 139 g/mol. The van der Waals surface area contributed by atoms with Crippen LogP contribution < -0.4 is 0 Å². The Balaban J connectivity index is 2.55. The number of hydrogen-bond acceptors (Lipinski definition) is 1. The van der Waals surface area contributed by atoms with Gasteiger partial charge in [-0.2, -0.15) is 0 Å². The van der Waals surface area contributed by atoms with Gasteiger partial charge in [0.15, 0.2) is 0 Å². The van der Waals surface area contributed by atoms with Crippen LogP contribution in [0.3, 0.4) is 0 Å². The zero-order valence-corrected chi connectivity index (χ0v) is 7.22. The first-order valence-electron chi connectivity index (χ1n) is 4.10. The quantitative estimate of drug-likeness (QED) is 0.489. The van der Waals surface area contributed by atoms with Crippen molar-refractivity contribution in [3.63, 3.8) is 0 Å². The van der Waals surface area contributed by atoms with Gasteiger partial charge < -0.3 is 0 Å². The minimum atomic E-state index is 0.421. The molecule has 1 atom stereocenters. The lowest BCUT2D eigenvalue weighted by Gasteiger charge is -2.29. The van der Waals surface area contributed by atoms with E-state index >= 15 is 0 Å². The zero-order chi connectivity index (χ0) is 7.61. The van der Waals surface area contributed by atoms with E-state index in [2.05, 4.69) is 32.0 Å². The summed E-state index contributed by atoms with van der Waals surface area (Å²) in [6.45, 7) is 7.91. The highest BCUT2D eigenvalue weighted by Crippen LogP contribution is 2.29. The van der Waals surface area contributed by atoms with E-state index in [1.54, 1.807) is 0 Å². The number of aliphatic imine (C=N–C) groups is 1. The predicted octanol–water partition coefficient (Wildman–Crippen LogP) is 2.51. The van der Waals surface area contributed by atoms with Crippen molar-refractivity contribution < 1.29 is 0 Å². The van der Waals surface area contributed by atoms with E-state index in [1.165, 1.54) is 12.8 Å². The van der Waals surface area contributed by atoms with Gasteiger partial charge in [0.05, 0.1) is 0 Å². The van der Waals surface area contributed by atoms with E-state index < -0.39 is 0 Å². The first kappa shape index (κ1) is 7.77. The molecule has 0 radical (unpaired) electrons. The van der Waals surface area contributed by atoms with Crippen molar-refractivity contribution in [2.24, 2.45) is 16.3 Å². The van der Waals surface area contributed by atoms with Crippen LogP contribution in [0.2, 0.25) is 0 Å². The molecule has 1 aliphatic rings. The molecule has 1 heterocycles. The topological polar surface area (TPSA) is 12.4 Å². The molecule has 0 aliphatic carbocycles. The van der Waals surface area contributed by atoms with Crippen LogP contribution >= 0.6 is 0 Å². The summed E-state index contributed by atoms with van der Waals surface area (Å²) < 4.78 is 0. The molecule has 0 N–H and O–H groups in total. The molecule has 1 nitrogen and oxygen atoms in total. The maximum atomic E-state index is 4.30. The standard InChI is InChI=1S/C9H17N/c1-9(2,3)8-5-4-6-10-7-8/h7-8H,4-6H2,1-3H3. The highest BCUT2D eigenvalue weighted by Gasteiger charge is 2.23. The summed E-state index contributed by atoms with van der Waals surface area (Å²) >= 11 is 0. The SMILES string of the molecule is CC(C)(C)C1C=NCCC1. The van der Waals surface area contributed by atoms with Crippen LogP contribution in [0.1, 0.15) is 33.6 Å². The molecule has 0 amide bonds. The largest absolute Gasteiger partial charge is 0.297 e. The number of nitrogens with zero attached hydrogens (tertiary/aromatic N) is 1. The lowest BCUT2D eigenvalue weighted by Crippen LogP contribution is -2.24. The van der Waals surface area contributed by atoms with E-state index in [0.717, 1.165) is 6.54 Å². The molecule has 0 saturated carbocycles. The Hall–Kier alpha value is -0.330. The van der Waals surface area contributed by atoms with Gasteiger partial charge in [-0.1, -0.05) is 20.8 Å². The van der Waals surface area contributed by atoms with Crippen molar-refractivity contribution in [3.8, 4) is 0 Å². The zero-order valence-electron chi connectivity index (χ0n) is 7.22. The van der Waals surface area contributed by atoms with Crippen LogP contribution in [0.25, 0.3) is 0 Å². The van der Waals surface area contributed by atoms with Gasteiger partial charge in [-0.25, -0.2) is 0 Å². The molecule has 0 saturated heterocycles. The van der Waals surface area contributed by atoms with Crippen LogP contribution in [-0.2, 0) is 0 Å². The predicted molar refractivity (Wildman–Crippen MR) is 45.5 cm³/mol. The molecule has 0 aromatic heterocycles. The third kappa shape index (κ3) is 1.83. The van der Waals surface area contributed by atoms with Crippen molar-refractivity contribution in [2.45, 2.75) is 33.6 Å². The first-order valence-corrected chi connectivity index (χ1v) is 4.10. The van der Waals surface area contributed by atoms with Crippen molar-refractivity contribution >= 4 is 6.21 Å². The second kappa shape index (κ2) is 2.73. The Kier molecular flexibility index (Phi) is 2.12. The van der Waals surface area contributed by atoms with E-state index in [1.807, 2.05) is 0 Å². The second-order valence-electron chi connectivity index (χ2n) is 4.17. The molecule has 1 rings (SSSR count). The fourth-order valence-corrected chi connectivity index (χ4v) is 1.34. The molecule has 0 fully saturated rings. The second-order valence-corrected chi connectivity index (χ2v) is 4.17. The lowest BCUT2D eigenvalue weighted by atomic mass is 9.78. The third-order valence-electron chi connectivity index (χ3n) is 2.20. The normalized spacial score (nSPS) is 26.9. The molecule has 58 valence electrons. The molecule has 0 spiro atoms. The Morgan fingerprint density at radius 1 is 1.40 bits per heavy atom. The van der Waals surface area contributed by atoms with E-state index in [-0.39, 0.29) is 0 Å². The van der Waals surface area contributed by atoms with Crippen molar-refractivity contribution in [1.82, 2.24) is 0 Å². The van der Waals surface area contributed by atoms with Gasteiger partial charge in [0, 0.05) is 12.8 Å². The molecule has 1 unspecified atom stereocenters. The summed E-state index contributed by atoms with van der Waals surface area (Å²) in [6.07, 6.45) is 4.74. The Bertz CT molecular complexity index is 130. The molecule has 10 heavy (non-hydrogen) atoms.